The molecule has 0 saturated carbocycles. The van der Waals surface area contributed by atoms with Gasteiger partial charge in [0.2, 0.25) is 0 Å². The molecule has 0 radical (unpaired) electrons. The van der Waals surface area contributed by atoms with Gasteiger partial charge in [-0.3, -0.25) is 24.7 Å². The van der Waals surface area contributed by atoms with Gasteiger partial charge < -0.3 is 14.5 Å². The summed E-state index contributed by atoms with van der Waals surface area (Å²) >= 11 is 0. The summed E-state index contributed by atoms with van der Waals surface area (Å²) < 4.78 is 48.5. The first-order chi connectivity index (χ1) is 19.8. The third kappa shape index (κ3) is 4.79. The Bertz CT molecular complexity index is 1580. The van der Waals surface area contributed by atoms with E-state index in [1.54, 1.807) is 29.3 Å². The highest BCUT2D eigenvalue weighted by Gasteiger charge is 2.38. The average molecular weight is 569 g/mol. The maximum absolute atomic E-state index is 13.7. The van der Waals surface area contributed by atoms with Crippen molar-refractivity contribution in [2.45, 2.75) is 18.3 Å². The summed E-state index contributed by atoms with van der Waals surface area (Å²) in [6, 6.07) is 4.15. The van der Waals surface area contributed by atoms with Crippen LogP contribution in [0.5, 0.6) is 0 Å². The molecule has 0 spiro atoms. The van der Waals surface area contributed by atoms with E-state index < -0.39 is 11.7 Å². The zero-order chi connectivity index (χ0) is 28.1. The van der Waals surface area contributed by atoms with Crippen LogP contribution < -0.4 is 15.8 Å². The minimum Gasteiger partial charge on any atom is -0.377 e. The van der Waals surface area contributed by atoms with Crippen molar-refractivity contribution in [2.24, 2.45) is 5.92 Å². The number of halogens is 3. The maximum Gasteiger partial charge on any atom is 0.417 e. The quantitative estimate of drug-likeness (QED) is 0.371. The molecule has 0 aliphatic carbocycles. The summed E-state index contributed by atoms with van der Waals surface area (Å²) in [5, 5.41) is 4.38. The highest BCUT2D eigenvalue weighted by Crippen LogP contribution is 2.31. The number of carbonyl (C=O) groups is 1. The number of ether oxygens (including phenoxy) is 1. The Kier molecular flexibility index (Phi) is 6.36. The molecule has 2 N–H and O–H groups in total. The van der Waals surface area contributed by atoms with Gasteiger partial charge in [0.1, 0.15) is 17.2 Å². The van der Waals surface area contributed by atoms with E-state index in [0.717, 1.165) is 12.3 Å². The molecule has 4 aromatic heterocycles. The van der Waals surface area contributed by atoms with E-state index in [1.807, 2.05) is 4.90 Å². The van der Waals surface area contributed by atoms with Crippen molar-refractivity contribution in [3.05, 3.63) is 60.3 Å². The van der Waals surface area contributed by atoms with Crippen LogP contribution in [0.4, 0.5) is 19.0 Å². The van der Waals surface area contributed by atoms with Gasteiger partial charge in [0, 0.05) is 57.2 Å². The number of alkyl halides is 3. The van der Waals surface area contributed by atoms with Gasteiger partial charge in [-0.1, -0.05) is 0 Å². The van der Waals surface area contributed by atoms with Gasteiger partial charge in [-0.2, -0.15) is 18.3 Å². The van der Waals surface area contributed by atoms with Crippen LogP contribution in [0.1, 0.15) is 22.0 Å². The standard InChI is InChI=1S/C26H27F3N10O2/c27-26(28,29)18-1-2-22-31-10-20(38(22)12-18)24-30-4-3-23(35-24)36-5-6-37(21(13-36)16-7-32-33-8-16)25(40)17-9-34-39(11-17)19-14-41-15-19/h1-4,9-12,16,19,21,32-33H,5-8,13-15H2. The Morgan fingerprint density at radius 1 is 1.02 bits per heavy atom. The number of amides is 1. The number of fused-ring (bicyclic) bond motifs is 1. The average Bonchev–Trinajstić information content (AvgIpc) is 3.72. The van der Waals surface area contributed by atoms with Crippen LogP contribution in [-0.2, 0) is 10.9 Å². The van der Waals surface area contributed by atoms with E-state index in [1.165, 1.54) is 16.7 Å². The van der Waals surface area contributed by atoms with E-state index in [-0.39, 0.29) is 29.7 Å². The number of aromatic nitrogens is 6. The monoisotopic (exact) mass is 568 g/mol. The topological polar surface area (TPSA) is 118 Å². The first kappa shape index (κ1) is 25.9. The summed E-state index contributed by atoms with van der Waals surface area (Å²) in [5.41, 5.74) is 6.82. The van der Waals surface area contributed by atoms with Crippen molar-refractivity contribution in [1.29, 1.82) is 0 Å². The molecular formula is C26H27F3N10O2. The van der Waals surface area contributed by atoms with Crippen molar-refractivity contribution < 1.29 is 22.7 Å². The molecule has 7 heterocycles. The molecule has 7 rings (SSSR count). The highest BCUT2D eigenvalue weighted by molar-refractivity contribution is 5.94. The van der Waals surface area contributed by atoms with E-state index in [9.17, 15) is 18.0 Å². The number of hydrogen-bond acceptors (Lipinski definition) is 9. The van der Waals surface area contributed by atoms with E-state index in [2.05, 4.69) is 30.8 Å². The van der Waals surface area contributed by atoms with E-state index in [0.29, 0.717) is 68.7 Å². The third-order valence-corrected chi connectivity index (χ3v) is 7.95. The Hall–Kier alpha value is -4.08. The predicted octanol–water partition coefficient (Wildman–Crippen LogP) is 1.63. The molecule has 1 unspecified atom stereocenters. The second-order valence-corrected chi connectivity index (χ2v) is 10.5. The van der Waals surface area contributed by atoms with Crippen LogP contribution in [0.3, 0.4) is 0 Å². The number of piperazine rings is 1. The second kappa shape index (κ2) is 10.1. The summed E-state index contributed by atoms with van der Waals surface area (Å²) in [5.74, 6) is 0.993. The molecule has 3 aliphatic rings. The number of carbonyl (C=O) groups excluding carboxylic acids is 1. The smallest absolute Gasteiger partial charge is 0.377 e. The lowest BCUT2D eigenvalue weighted by atomic mass is 9.96. The second-order valence-electron chi connectivity index (χ2n) is 10.5. The van der Waals surface area contributed by atoms with Crippen molar-refractivity contribution in [1.82, 2.24) is 44.9 Å². The van der Waals surface area contributed by atoms with Gasteiger partial charge in [-0.25, -0.2) is 15.0 Å². The molecule has 12 nitrogen and oxygen atoms in total. The fraction of sp³-hybridized carbons (Fsp3) is 0.423. The summed E-state index contributed by atoms with van der Waals surface area (Å²) in [7, 11) is 0. The Morgan fingerprint density at radius 2 is 1.85 bits per heavy atom. The Labute approximate surface area is 232 Å². The number of pyridine rings is 1. The fourth-order valence-electron chi connectivity index (χ4n) is 5.58. The normalized spacial score (nSPS) is 20.6. The SMILES string of the molecule is O=C(c1cnn(C2COC2)c1)N1CCN(c2ccnc(-c3cnc4ccc(C(F)(F)F)cn34)n2)CC1C1CNNC1. The summed E-state index contributed by atoms with van der Waals surface area (Å²) in [6.45, 7) is 4.14. The number of nitrogens with one attached hydrogen (secondary N) is 2. The largest absolute Gasteiger partial charge is 0.417 e. The molecule has 0 aromatic carbocycles. The van der Waals surface area contributed by atoms with Gasteiger partial charge in [-0.15, -0.1) is 0 Å². The van der Waals surface area contributed by atoms with Crippen molar-refractivity contribution in [3.63, 3.8) is 0 Å². The number of nitrogens with zero attached hydrogens (tertiary/aromatic N) is 8. The number of anilines is 1. The molecule has 3 fully saturated rings. The van der Waals surface area contributed by atoms with Gasteiger partial charge in [0.15, 0.2) is 5.82 Å². The number of rotatable bonds is 5. The molecule has 3 saturated heterocycles. The molecule has 41 heavy (non-hydrogen) atoms. The van der Waals surface area contributed by atoms with Crippen LogP contribution in [0, 0.1) is 5.92 Å². The van der Waals surface area contributed by atoms with Crippen LogP contribution in [0.15, 0.2) is 49.2 Å². The van der Waals surface area contributed by atoms with Crippen LogP contribution in [0.2, 0.25) is 0 Å². The summed E-state index contributed by atoms with van der Waals surface area (Å²) in [6.07, 6.45) is 2.99. The molecule has 3 aliphatic heterocycles. The van der Waals surface area contributed by atoms with E-state index in [4.69, 9.17) is 9.72 Å². The first-order valence-electron chi connectivity index (χ1n) is 13.4. The molecule has 15 heteroatoms. The Balaban J connectivity index is 1.15. The minimum absolute atomic E-state index is 0.0670. The fourth-order valence-corrected chi connectivity index (χ4v) is 5.58. The van der Waals surface area contributed by atoms with Crippen LogP contribution >= 0.6 is 0 Å². The zero-order valence-electron chi connectivity index (χ0n) is 21.8. The molecule has 4 aromatic rings. The highest BCUT2D eigenvalue weighted by atomic mass is 19.4. The minimum atomic E-state index is -4.49. The number of imidazole rings is 1. The summed E-state index contributed by atoms with van der Waals surface area (Å²) in [4.78, 5) is 31.0. The molecule has 1 amide bonds. The molecular weight excluding hydrogens is 541 g/mol. The van der Waals surface area contributed by atoms with Gasteiger partial charge in [0.05, 0.1) is 48.8 Å². The predicted molar refractivity (Wildman–Crippen MR) is 140 cm³/mol. The Morgan fingerprint density at radius 3 is 2.61 bits per heavy atom. The molecule has 214 valence electrons. The number of hydrazine groups is 1. The lowest BCUT2D eigenvalue weighted by molar-refractivity contribution is -0.137. The first-order valence-corrected chi connectivity index (χ1v) is 13.4. The van der Waals surface area contributed by atoms with Crippen molar-refractivity contribution in [3.8, 4) is 11.5 Å². The third-order valence-electron chi connectivity index (χ3n) is 7.95. The van der Waals surface area contributed by atoms with Crippen LogP contribution in [0.25, 0.3) is 17.2 Å². The lowest BCUT2D eigenvalue weighted by Crippen LogP contribution is -2.59. The van der Waals surface area contributed by atoms with Crippen LogP contribution in [-0.4, -0.2) is 91.9 Å². The van der Waals surface area contributed by atoms with Gasteiger partial charge in [-0.05, 0) is 18.2 Å². The number of hydrogen-bond donors (Lipinski definition) is 2. The molecule has 1 atom stereocenters. The van der Waals surface area contributed by atoms with Gasteiger partial charge in [0.25, 0.3) is 5.91 Å². The maximum atomic E-state index is 13.7. The van der Waals surface area contributed by atoms with Gasteiger partial charge >= 0.3 is 6.18 Å². The lowest BCUT2D eigenvalue weighted by Gasteiger charge is -2.44. The zero-order valence-corrected chi connectivity index (χ0v) is 21.8. The van der Waals surface area contributed by atoms with Crippen molar-refractivity contribution >= 4 is 17.4 Å². The van der Waals surface area contributed by atoms with Crippen molar-refractivity contribution in [2.75, 3.05) is 50.8 Å². The van der Waals surface area contributed by atoms with E-state index >= 15 is 0 Å². The molecule has 0 bridgehead atoms.